The third-order valence-corrected chi connectivity index (χ3v) is 4.00. The fraction of sp³-hybridized carbons (Fsp3) is 0.609. The molecule has 0 saturated heterocycles. The van der Waals surface area contributed by atoms with Gasteiger partial charge in [-0.2, -0.15) is 0 Å². The van der Waals surface area contributed by atoms with Crippen LogP contribution in [0.4, 0.5) is 0 Å². The molecule has 0 unspecified atom stereocenters. The first-order valence-electron chi connectivity index (χ1n) is 10.8. The van der Waals surface area contributed by atoms with Gasteiger partial charge in [-0.1, -0.05) is 65.5 Å². The van der Waals surface area contributed by atoms with Gasteiger partial charge in [-0.15, -0.1) is 0 Å². The van der Waals surface area contributed by atoms with Gasteiger partial charge in [0.2, 0.25) is 5.91 Å². The van der Waals surface area contributed by atoms with Gasteiger partial charge in [0.05, 0.1) is 0 Å². The second-order valence-corrected chi connectivity index (χ2v) is 6.63. The molecule has 30 heavy (non-hydrogen) atoms. The lowest BCUT2D eigenvalue weighted by molar-refractivity contribution is -0.137. The van der Waals surface area contributed by atoms with Gasteiger partial charge in [0.15, 0.2) is 0 Å². The predicted octanol–water partition coefficient (Wildman–Crippen LogP) is 4.07. The molecule has 0 spiro atoms. The number of hydrogen-bond acceptors (Lipinski definition) is 5. The molecule has 2 N–H and O–H groups in total. The number of nitrogens with zero attached hydrogens (tertiary/aromatic N) is 1. The molecule has 172 valence electrons. The van der Waals surface area contributed by atoms with Gasteiger partial charge >= 0.3 is 11.9 Å². The predicted molar refractivity (Wildman–Crippen MR) is 121 cm³/mol. The number of carbonyl (C=O) groups excluding carboxylic acids is 2. The summed E-state index contributed by atoms with van der Waals surface area (Å²) in [5.41, 5.74) is 0. The van der Waals surface area contributed by atoms with Crippen molar-refractivity contribution in [2.24, 2.45) is 0 Å². The molecule has 0 bridgehead atoms. The highest BCUT2D eigenvalue weighted by molar-refractivity contribution is 5.89. The Morgan fingerprint density at radius 2 is 1.57 bits per heavy atom. The zero-order valence-electron chi connectivity index (χ0n) is 18.7. The van der Waals surface area contributed by atoms with E-state index in [4.69, 9.17) is 9.84 Å². The average molecular weight is 425 g/mol. The fourth-order valence-corrected chi connectivity index (χ4v) is 2.30. The van der Waals surface area contributed by atoms with Crippen LogP contribution in [0.15, 0.2) is 37.6 Å². The van der Waals surface area contributed by atoms with Gasteiger partial charge < -0.3 is 20.1 Å². The maximum atomic E-state index is 11.5. The lowest BCUT2D eigenvalue weighted by Crippen LogP contribution is -2.25. The summed E-state index contributed by atoms with van der Waals surface area (Å²) < 4.78 is 4.75. The molecule has 1 amide bonds. The van der Waals surface area contributed by atoms with E-state index in [1.54, 1.807) is 0 Å². The summed E-state index contributed by atoms with van der Waals surface area (Å²) in [5.74, 6) is -1.67. The highest BCUT2D eigenvalue weighted by atomic mass is 16.5. The molecule has 0 rings (SSSR count). The Labute approximate surface area is 181 Å². The van der Waals surface area contributed by atoms with Gasteiger partial charge in [0.25, 0.3) is 0 Å². The summed E-state index contributed by atoms with van der Waals surface area (Å²) in [6, 6.07) is 0. The van der Waals surface area contributed by atoms with Crippen molar-refractivity contribution in [3.63, 3.8) is 0 Å². The van der Waals surface area contributed by atoms with Gasteiger partial charge in [-0.25, -0.2) is 9.59 Å². The summed E-state index contributed by atoms with van der Waals surface area (Å²) in [7, 11) is 0. The Balaban J connectivity index is 0. The van der Waals surface area contributed by atoms with Crippen molar-refractivity contribution in [2.75, 3.05) is 26.2 Å². The Morgan fingerprint density at radius 3 is 2.13 bits per heavy atom. The number of carboxylic acids is 1. The minimum atomic E-state index is -1.06. The zero-order valence-corrected chi connectivity index (χ0v) is 18.7. The first-order chi connectivity index (χ1) is 14.4. The molecule has 0 radical (unpaired) electrons. The third-order valence-electron chi connectivity index (χ3n) is 4.00. The number of hydrogen-bond donors (Lipinski definition) is 2. The largest absolute Gasteiger partial charge is 0.478 e. The fourth-order valence-electron chi connectivity index (χ4n) is 2.30. The van der Waals surface area contributed by atoms with E-state index in [2.05, 4.69) is 32.3 Å². The van der Waals surface area contributed by atoms with E-state index in [-0.39, 0.29) is 11.9 Å². The van der Waals surface area contributed by atoms with Gasteiger partial charge in [0.1, 0.15) is 6.61 Å². The van der Waals surface area contributed by atoms with E-state index < -0.39 is 5.97 Å². The molecular weight excluding hydrogens is 384 g/mol. The van der Waals surface area contributed by atoms with Crippen molar-refractivity contribution in [1.82, 2.24) is 10.2 Å². The van der Waals surface area contributed by atoms with Crippen molar-refractivity contribution in [1.29, 1.82) is 0 Å². The molecule has 0 aromatic rings. The maximum Gasteiger partial charge on any atom is 0.330 e. The second kappa shape index (κ2) is 22.9. The van der Waals surface area contributed by atoms with Crippen LogP contribution in [0.25, 0.3) is 0 Å². The quantitative estimate of drug-likeness (QED) is 0.208. The maximum absolute atomic E-state index is 11.5. The molecule has 0 fully saturated rings. The summed E-state index contributed by atoms with van der Waals surface area (Å²) in [5, 5.41) is 11.7. The number of amides is 1. The molecular formula is C23H40N2O5. The van der Waals surface area contributed by atoms with E-state index in [0.29, 0.717) is 13.2 Å². The van der Waals surface area contributed by atoms with E-state index in [1.807, 2.05) is 0 Å². The molecule has 0 aliphatic rings. The summed E-state index contributed by atoms with van der Waals surface area (Å²) in [4.78, 5) is 33.8. The van der Waals surface area contributed by atoms with Crippen LogP contribution >= 0.6 is 0 Å². The van der Waals surface area contributed by atoms with Crippen molar-refractivity contribution < 1.29 is 24.2 Å². The average Bonchev–Trinajstić information content (AvgIpc) is 2.74. The number of ether oxygens (including phenoxy) is 1. The van der Waals surface area contributed by atoms with E-state index in [1.165, 1.54) is 48.9 Å². The molecule has 0 aromatic carbocycles. The summed E-state index contributed by atoms with van der Waals surface area (Å²) in [6.07, 6.45) is 13.8. The highest BCUT2D eigenvalue weighted by Gasteiger charge is 2.06. The Hall–Kier alpha value is -2.41. The van der Waals surface area contributed by atoms with Crippen molar-refractivity contribution >= 4 is 17.8 Å². The zero-order chi connectivity index (χ0) is 23.0. The molecule has 0 aliphatic heterocycles. The summed E-state index contributed by atoms with van der Waals surface area (Å²) in [6.45, 7) is 13.7. The molecule has 0 heterocycles. The number of carbonyl (C=O) groups is 3. The lowest BCUT2D eigenvalue weighted by atomic mass is 10.1. The number of rotatable bonds is 17. The first-order valence-corrected chi connectivity index (χ1v) is 10.8. The van der Waals surface area contributed by atoms with Gasteiger partial charge in [0, 0.05) is 31.4 Å². The second-order valence-electron chi connectivity index (χ2n) is 6.63. The van der Waals surface area contributed by atoms with Crippen molar-refractivity contribution in [3.8, 4) is 0 Å². The van der Waals surface area contributed by atoms with Crippen LogP contribution in [0, 0.1) is 0 Å². The van der Waals surface area contributed by atoms with Crippen LogP contribution in [-0.2, 0) is 19.1 Å². The minimum absolute atomic E-state index is 0.263. The summed E-state index contributed by atoms with van der Waals surface area (Å²) >= 11 is 0. The normalized spacial score (nSPS) is 10.1. The number of carboxylic acid groups (broad SMARTS) is 1. The van der Waals surface area contributed by atoms with E-state index in [9.17, 15) is 14.4 Å². The minimum Gasteiger partial charge on any atom is -0.478 e. The topological polar surface area (TPSA) is 95.9 Å². The SMILES string of the molecule is C=CC(=O)N(C=CC(=O)O)CCCCCCCC.C=CC(=O)OCCNCCCC. The van der Waals surface area contributed by atoms with Crippen LogP contribution < -0.4 is 5.32 Å². The number of esters is 1. The van der Waals surface area contributed by atoms with E-state index in [0.717, 1.165) is 44.8 Å². The molecule has 7 heteroatoms. The molecule has 0 aromatic heterocycles. The Morgan fingerprint density at radius 1 is 0.933 bits per heavy atom. The van der Waals surface area contributed by atoms with Crippen LogP contribution in [0.5, 0.6) is 0 Å². The number of nitrogens with one attached hydrogen (secondary N) is 1. The van der Waals surface area contributed by atoms with E-state index >= 15 is 0 Å². The first kappa shape index (κ1) is 29.8. The van der Waals surface area contributed by atoms with Gasteiger partial charge in [-0.3, -0.25) is 4.79 Å². The van der Waals surface area contributed by atoms with Crippen molar-refractivity contribution in [3.05, 3.63) is 37.6 Å². The monoisotopic (exact) mass is 424 g/mol. The number of aliphatic carboxylic acids is 1. The van der Waals surface area contributed by atoms with Crippen LogP contribution in [0.1, 0.15) is 65.2 Å². The number of unbranched alkanes of at least 4 members (excludes halogenated alkanes) is 6. The van der Waals surface area contributed by atoms with Crippen LogP contribution in [-0.4, -0.2) is 54.1 Å². The molecule has 7 nitrogen and oxygen atoms in total. The van der Waals surface area contributed by atoms with Crippen molar-refractivity contribution in [2.45, 2.75) is 65.2 Å². The van der Waals surface area contributed by atoms with Crippen LogP contribution in [0.3, 0.4) is 0 Å². The molecule has 0 saturated carbocycles. The molecule has 0 aliphatic carbocycles. The Bertz CT molecular complexity index is 518. The standard InChI is InChI=1S/C14H23NO3.C9H17NO2/c1-3-5-6-7-8-9-11-15(13(16)4-2)12-10-14(17)18;1-3-5-6-10-7-8-12-9(11)4-2/h4,10,12H,2-3,5-9,11H2,1H3,(H,17,18);4,10H,2-3,5-8H2,1H3. The molecule has 0 atom stereocenters. The smallest absolute Gasteiger partial charge is 0.330 e. The highest BCUT2D eigenvalue weighted by Crippen LogP contribution is 2.06. The third kappa shape index (κ3) is 21.9. The Kier molecular flexibility index (Phi) is 22.7. The lowest BCUT2D eigenvalue weighted by Gasteiger charge is -2.15. The van der Waals surface area contributed by atoms with Gasteiger partial charge in [-0.05, 0) is 25.5 Å². The van der Waals surface area contributed by atoms with Crippen LogP contribution in [0.2, 0.25) is 0 Å².